The van der Waals surface area contributed by atoms with Gasteiger partial charge in [0.15, 0.2) is 0 Å². The minimum atomic E-state index is -4.78. The van der Waals surface area contributed by atoms with Crippen molar-refractivity contribution in [2.24, 2.45) is 0 Å². The standard InChI is InChI=1S/C34H39N3O6S2.Na/c1-7-36(8-2)23-11-14-27-30(19-23)43-31-20-24(37(9-3)10-4)12-15-28(31)32(27)26-16-13-25(45(39,40)41)21-29(26)33(44)35-17-18-42-34(38)22(5)6;/h11-16,19-21H,5,7-10,17-18H2,1-4,6H3,(H-,35,39,40,41,44);/q;+1. The van der Waals surface area contributed by atoms with E-state index in [4.69, 9.17) is 21.4 Å². The van der Waals surface area contributed by atoms with Crippen LogP contribution in [0.15, 0.2) is 76.1 Å². The van der Waals surface area contributed by atoms with Gasteiger partial charge in [0.25, 0.3) is 0 Å². The van der Waals surface area contributed by atoms with Crippen molar-refractivity contribution in [1.82, 2.24) is 9.89 Å². The molecule has 1 aliphatic carbocycles. The van der Waals surface area contributed by atoms with Gasteiger partial charge in [-0.2, -0.15) is 0 Å². The first-order valence-electron chi connectivity index (χ1n) is 15.0. The number of carbonyl (C=O) groups excluding carboxylic acids is 1. The number of thiocarbonyl (C=S) groups is 1. The SMILES string of the molecule is C=C(C)C(=O)OCCNC(=S)c1cc(S(=O)(=O)[O-])ccc1-c1c2ccc(=[N+](CC)CC)cc-2oc2cc(N(CC)CC)ccc12.[Na+]. The Bertz CT molecular complexity index is 1910. The van der Waals surface area contributed by atoms with E-state index in [0.29, 0.717) is 22.5 Å². The maximum absolute atomic E-state index is 12.1. The average Bonchev–Trinajstić information content (AvgIpc) is 3.02. The summed E-state index contributed by atoms with van der Waals surface area (Å²) in [6, 6.07) is 16.3. The number of nitrogens with one attached hydrogen (secondary N) is 1. The Labute approximate surface area is 298 Å². The fourth-order valence-electron chi connectivity index (χ4n) is 5.34. The molecule has 0 spiro atoms. The van der Waals surface area contributed by atoms with Gasteiger partial charge in [-0.05, 0) is 70.5 Å². The number of nitrogens with zero attached hydrogens (tertiary/aromatic N) is 2. The minimum absolute atomic E-state index is 0. The van der Waals surface area contributed by atoms with Gasteiger partial charge in [0.1, 0.15) is 46.1 Å². The summed E-state index contributed by atoms with van der Waals surface area (Å²) in [5, 5.41) is 4.86. The quantitative estimate of drug-likeness (QED) is 0.0354. The molecular formula is C34H39N3NaO6S2+. The van der Waals surface area contributed by atoms with Crippen LogP contribution in [0.3, 0.4) is 0 Å². The smallest absolute Gasteiger partial charge is 0.744 e. The topological polar surface area (TPSA) is 115 Å². The fraction of sp³-hybridized carbons (Fsp3) is 0.324. The van der Waals surface area contributed by atoms with Crippen LogP contribution in [0.5, 0.6) is 0 Å². The normalized spacial score (nSPS) is 11.2. The number of hydrogen-bond acceptors (Lipinski definition) is 8. The summed E-state index contributed by atoms with van der Waals surface area (Å²) in [6.07, 6.45) is 0. The molecule has 0 saturated carbocycles. The number of rotatable bonds is 12. The van der Waals surface area contributed by atoms with Gasteiger partial charge in [-0.25, -0.2) is 17.8 Å². The van der Waals surface area contributed by atoms with Gasteiger partial charge in [0, 0.05) is 65.1 Å². The zero-order valence-corrected chi connectivity index (χ0v) is 30.9. The molecule has 2 aromatic carbocycles. The van der Waals surface area contributed by atoms with E-state index in [1.807, 2.05) is 36.4 Å². The second-order valence-electron chi connectivity index (χ2n) is 10.5. The van der Waals surface area contributed by atoms with E-state index in [2.05, 4.69) is 49.1 Å². The summed E-state index contributed by atoms with van der Waals surface area (Å²) < 4.78 is 50.2. The van der Waals surface area contributed by atoms with Crippen LogP contribution in [-0.4, -0.2) is 63.3 Å². The second-order valence-corrected chi connectivity index (χ2v) is 12.3. The zero-order valence-electron chi connectivity index (χ0n) is 27.3. The molecule has 0 fully saturated rings. The summed E-state index contributed by atoms with van der Waals surface area (Å²) >= 11 is 5.74. The third-order valence-electron chi connectivity index (χ3n) is 7.71. The first kappa shape index (κ1) is 37.4. The van der Waals surface area contributed by atoms with Gasteiger partial charge in [-0.3, -0.25) is 0 Å². The molecule has 238 valence electrons. The molecule has 0 aromatic heterocycles. The van der Waals surface area contributed by atoms with E-state index in [9.17, 15) is 17.8 Å². The maximum atomic E-state index is 12.1. The maximum Gasteiger partial charge on any atom is 1.00 e. The Kier molecular flexibility index (Phi) is 13.1. The van der Waals surface area contributed by atoms with E-state index in [1.54, 1.807) is 13.0 Å². The van der Waals surface area contributed by atoms with Crippen molar-refractivity contribution in [1.29, 1.82) is 0 Å². The van der Waals surface area contributed by atoms with E-state index in [0.717, 1.165) is 53.7 Å². The summed E-state index contributed by atoms with van der Waals surface area (Å²) in [7, 11) is -4.78. The van der Waals surface area contributed by atoms with Crippen LogP contribution >= 0.6 is 12.2 Å². The van der Waals surface area contributed by atoms with Crippen molar-refractivity contribution < 1.29 is 56.5 Å². The Morgan fingerprint density at radius 3 is 2.30 bits per heavy atom. The number of benzene rings is 3. The van der Waals surface area contributed by atoms with Crippen molar-refractivity contribution >= 4 is 50.0 Å². The largest absolute Gasteiger partial charge is 1.00 e. The van der Waals surface area contributed by atoms with Crippen LogP contribution in [-0.2, 0) is 19.6 Å². The molecule has 12 heteroatoms. The predicted octanol–water partition coefficient (Wildman–Crippen LogP) is 2.16. The summed E-state index contributed by atoms with van der Waals surface area (Å²) in [6.45, 7) is 17.0. The van der Waals surface area contributed by atoms with Crippen LogP contribution in [0.4, 0.5) is 5.69 Å². The number of esters is 1. The van der Waals surface area contributed by atoms with Gasteiger partial charge in [-0.15, -0.1) is 0 Å². The third kappa shape index (κ3) is 8.26. The molecular weight excluding hydrogens is 634 g/mol. The van der Waals surface area contributed by atoms with E-state index in [1.165, 1.54) is 12.1 Å². The third-order valence-corrected chi connectivity index (χ3v) is 8.90. The van der Waals surface area contributed by atoms with Crippen molar-refractivity contribution in [2.45, 2.75) is 39.5 Å². The molecule has 1 heterocycles. The molecule has 0 radical (unpaired) electrons. The molecule has 46 heavy (non-hydrogen) atoms. The first-order valence-corrected chi connectivity index (χ1v) is 16.8. The molecule has 0 atom stereocenters. The molecule has 0 bridgehead atoms. The van der Waals surface area contributed by atoms with Gasteiger partial charge in [0.05, 0.1) is 11.0 Å². The molecule has 4 rings (SSSR count). The molecule has 9 nitrogen and oxygen atoms in total. The molecule has 2 aromatic rings. The van der Waals surface area contributed by atoms with Gasteiger partial charge in [-0.1, -0.05) is 24.9 Å². The number of fused-ring (bicyclic) bond motifs is 2. The van der Waals surface area contributed by atoms with E-state index < -0.39 is 21.0 Å². The monoisotopic (exact) mass is 672 g/mol. The Hall–Kier alpha value is -3.06. The van der Waals surface area contributed by atoms with Crippen LogP contribution in [0.1, 0.15) is 40.2 Å². The van der Waals surface area contributed by atoms with Crippen LogP contribution in [0.2, 0.25) is 0 Å². The summed E-state index contributed by atoms with van der Waals surface area (Å²) in [5.74, 6) is 0.123. The van der Waals surface area contributed by atoms with Gasteiger partial charge in [0.2, 0.25) is 5.36 Å². The van der Waals surface area contributed by atoms with E-state index in [-0.39, 0.29) is 53.3 Å². The van der Waals surface area contributed by atoms with Crippen LogP contribution in [0, 0.1) is 0 Å². The van der Waals surface area contributed by atoms with Gasteiger partial charge >= 0.3 is 35.5 Å². The minimum Gasteiger partial charge on any atom is -0.744 e. The van der Waals surface area contributed by atoms with Gasteiger partial charge < -0.3 is 23.9 Å². The number of carbonyl (C=O) groups is 1. The Morgan fingerprint density at radius 2 is 1.70 bits per heavy atom. The molecule has 1 N–H and O–H groups in total. The van der Waals surface area contributed by atoms with Crippen molar-refractivity contribution in [3.63, 3.8) is 0 Å². The molecule has 2 aliphatic rings. The zero-order chi connectivity index (χ0) is 32.9. The summed E-state index contributed by atoms with van der Waals surface area (Å²) in [5.41, 5.74) is 4.48. The predicted molar refractivity (Wildman–Crippen MR) is 182 cm³/mol. The number of hydrogen-bond donors (Lipinski definition) is 1. The molecule has 0 unspecified atom stereocenters. The fourth-order valence-corrected chi connectivity index (χ4v) is 6.11. The van der Waals surface area contributed by atoms with Crippen molar-refractivity contribution in [3.8, 4) is 22.5 Å². The Balaban J connectivity index is 0.00000576. The second kappa shape index (κ2) is 16.2. The molecule has 0 amide bonds. The van der Waals surface area contributed by atoms with Crippen molar-refractivity contribution in [2.75, 3.05) is 44.2 Å². The van der Waals surface area contributed by atoms with Crippen molar-refractivity contribution in [3.05, 3.63) is 77.7 Å². The summed E-state index contributed by atoms with van der Waals surface area (Å²) in [4.78, 5) is 13.8. The molecule has 0 saturated heterocycles. The average molecular weight is 673 g/mol. The molecule has 1 aliphatic heterocycles. The van der Waals surface area contributed by atoms with E-state index >= 15 is 0 Å². The van der Waals surface area contributed by atoms with Crippen LogP contribution < -0.4 is 49.7 Å². The number of anilines is 1. The Morgan fingerprint density at radius 1 is 1.02 bits per heavy atom. The number of ether oxygens (including phenoxy) is 1. The first-order chi connectivity index (χ1) is 21.4. The van der Waals surface area contributed by atoms with Crippen LogP contribution in [0.25, 0.3) is 33.4 Å².